The molecule has 0 aromatic carbocycles. The van der Waals surface area contributed by atoms with Crippen LogP contribution in [0.5, 0.6) is 0 Å². The lowest BCUT2D eigenvalue weighted by molar-refractivity contribution is 0.990. The molecule has 0 saturated carbocycles. The van der Waals surface area contributed by atoms with Crippen LogP contribution < -0.4 is 0 Å². The molecule has 0 heterocycles. The molecule has 0 aliphatic heterocycles. The number of allylic oxidation sites excluding steroid dienone is 1. The molecule has 0 aromatic heterocycles. The highest BCUT2D eigenvalue weighted by Crippen LogP contribution is 2.26. The van der Waals surface area contributed by atoms with Crippen molar-refractivity contribution in [1.29, 1.82) is 5.53 Å². The second-order valence-electron chi connectivity index (χ2n) is 1.97. The van der Waals surface area contributed by atoms with E-state index in [0.29, 0.717) is 14.4 Å². The van der Waals surface area contributed by atoms with E-state index in [1.807, 2.05) is 0 Å². The van der Waals surface area contributed by atoms with Crippen molar-refractivity contribution in [2.45, 2.75) is 25.9 Å². The van der Waals surface area contributed by atoms with Crippen LogP contribution in [0.2, 0.25) is 0 Å². The van der Waals surface area contributed by atoms with Gasteiger partial charge in [0.25, 0.3) is 0 Å². The topological polar surface area (TPSA) is 36.2 Å². The summed E-state index contributed by atoms with van der Waals surface area (Å²) in [5, 5.41) is 0. The van der Waals surface area contributed by atoms with Gasteiger partial charge in [0.1, 0.15) is 0 Å². The Kier molecular flexibility index (Phi) is 4.51. The first kappa shape index (κ1) is 8.77. The van der Waals surface area contributed by atoms with E-state index in [4.69, 9.17) is 5.53 Å². The maximum Gasteiger partial charge on any atom is 0.0323 e. The molecular formula is C6H13N2P. The van der Waals surface area contributed by atoms with Crippen LogP contribution >= 0.6 is 8.73 Å². The molecule has 1 N–H and O–H groups in total. The fraction of sp³-hybridized carbons (Fsp3) is 0.667. The fourth-order valence-electron chi connectivity index (χ4n) is 0.494. The van der Waals surface area contributed by atoms with E-state index >= 15 is 0 Å². The van der Waals surface area contributed by atoms with E-state index < -0.39 is 0 Å². The Morgan fingerprint density at radius 2 is 2.44 bits per heavy atom. The van der Waals surface area contributed by atoms with E-state index in [-0.39, 0.29) is 0 Å². The van der Waals surface area contributed by atoms with Crippen LogP contribution in [0.1, 0.15) is 20.3 Å². The van der Waals surface area contributed by atoms with Crippen molar-refractivity contribution in [3.63, 3.8) is 0 Å². The minimum absolute atomic E-state index is 0.368. The molecule has 9 heavy (non-hydrogen) atoms. The summed E-state index contributed by atoms with van der Waals surface area (Å²) in [5.74, 6) is 0. The van der Waals surface area contributed by atoms with Gasteiger partial charge in [-0.2, -0.15) is 4.88 Å². The van der Waals surface area contributed by atoms with E-state index in [0.717, 1.165) is 6.42 Å². The monoisotopic (exact) mass is 144 g/mol. The molecule has 2 atom stereocenters. The summed E-state index contributed by atoms with van der Waals surface area (Å²) < 4.78 is 0. The molecule has 2 unspecified atom stereocenters. The van der Waals surface area contributed by atoms with Crippen molar-refractivity contribution in [3.8, 4) is 0 Å². The van der Waals surface area contributed by atoms with Gasteiger partial charge in [-0.1, -0.05) is 26.0 Å². The third-order valence-electron chi connectivity index (χ3n) is 1.32. The molecule has 0 radical (unpaired) electrons. The van der Waals surface area contributed by atoms with Gasteiger partial charge in [-0.05, 0) is 6.42 Å². The first-order chi connectivity index (χ1) is 4.22. The molecule has 3 heteroatoms. The van der Waals surface area contributed by atoms with Crippen LogP contribution in [0.25, 0.3) is 0 Å². The Balaban J connectivity index is 3.58. The van der Waals surface area contributed by atoms with Crippen molar-refractivity contribution in [1.82, 2.24) is 0 Å². The minimum atomic E-state index is 0.368. The van der Waals surface area contributed by atoms with Crippen molar-refractivity contribution >= 4 is 8.73 Å². The number of rotatable bonds is 4. The van der Waals surface area contributed by atoms with Gasteiger partial charge in [0.2, 0.25) is 0 Å². The molecule has 0 aliphatic rings. The summed E-state index contributed by atoms with van der Waals surface area (Å²) in [6.45, 7) is 7.99. The molecule has 2 nitrogen and oxygen atoms in total. The van der Waals surface area contributed by atoms with Crippen LogP contribution in [-0.4, -0.2) is 5.66 Å². The third-order valence-corrected chi connectivity index (χ3v) is 2.25. The van der Waals surface area contributed by atoms with Crippen molar-refractivity contribution in [2.75, 3.05) is 0 Å². The number of nitrogens with zero attached hydrogens (tertiary/aromatic N) is 1. The first-order valence-electron chi connectivity index (χ1n) is 3.02. The molecule has 0 aliphatic carbocycles. The Morgan fingerprint density at radius 1 is 1.89 bits per heavy atom. The minimum Gasteiger partial charge on any atom is -0.206 e. The highest BCUT2D eigenvalue weighted by atomic mass is 31.1. The standard InChI is InChI=1S/C6H13N2P/c1-4-5(2)6(3)9-8-7/h6-7,9H,2,4H2,1,3H3. The van der Waals surface area contributed by atoms with Crippen LogP contribution in [0, 0.1) is 5.53 Å². The molecular weight excluding hydrogens is 131 g/mol. The molecule has 0 saturated heterocycles. The van der Waals surface area contributed by atoms with Crippen molar-refractivity contribution in [2.24, 2.45) is 4.88 Å². The molecule has 52 valence electrons. The average molecular weight is 144 g/mol. The number of hydrogen-bond donors (Lipinski definition) is 1. The molecule has 0 rings (SSSR count). The van der Waals surface area contributed by atoms with Crippen molar-refractivity contribution < 1.29 is 0 Å². The smallest absolute Gasteiger partial charge is 0.0323 e. The summed E-state index contributed by atoms with van der Waals surface area (Å²) in [4.78, 5) is 3.32. The zero-order valence-electron chi connectivity index (χ0n) is 5.94. The Morgan fingerprint density at radius 3 is 2.78 bits per heavy atom. The second kappa shape index (κ2) is 4.63. The summed E-state index contributed by atoms with van der Waals surface area (Å²) in [7, 11) is 0.368. The largest absolute Gasteiger partial charge is 0.206 e. The van der Waals surface area contributed by atoms with Gasteiger partial charge >= 0.3 is 0 Å². The normalized spacial score (nSPS) is 14.0. The SMILES string of the molecule is C=C(CC)C(C)PN=N. The number of hydrogen-bond acceptors (Lipinski definition) is 2. The first-order valence-corrected chi connectivity index (χ1v) is 4.04. The summed E-state index contributed by atoms with van der Waals surface area (Å²) in [6, 6.07) is 0. The van der Waals surface area contributed by atoms with Crippen LogP contribution in [0.3, 0.4) is 0 Å². The second-order valence-corrected chi connectivity index (χ2v) is 3.32. The fourth-order valence-corrected chi connectivity index (χ4v) is 1.07. The van der Waals surface area contributed by atoms with Crippen molar-refractivity contribution in [3.05, 3.63) is 12.2 Å². The van der Waals surface area contributed by atoms with Gasteiger partial charge < -0.3 is 0 Å². The van der Waals surface area contributed by atoms with Gasteiger partial charge in [-0.15, -0.1) is 0 Å². The molecule has 0 fully saturated rings. The van der Waals surface area contributed by atoms with E-state index in [2.05, 4.69) is 25.3 Å². The van der Waals surface area contributed by atoms with E-state index in [1.165, 1.54) is 5.57 Å². The highest BCUT2D eigenvalue weighted by molar-refractivity contribution is 7.37. The van der Waals surface area contributed by atoms with Gasteiger partial charge in [0.05, 0.1) is 0 Å². The van der Waals surface area contributed by atoms with E-state index in [1.54, 1.807) is 0 Å². The Labute approximate surface area is 58.1 Å². The van der Waals surface area contributed by atoms with Gasteiger partial charge in [-0.3, -0.25) is 0 Å². The lowest BCUT2D eigenvalue weighted by atomic mass is 10.2. The zero-order valence-corrected chi connectivity index (χ0v) is 6.94. The van der Waals surface area contributed by atoms with Gasteiger partial charge in [0, 0.05) is 14.4 Å². The average Bonchev–Trinajstić information content (AvgIpc) is 1.87. The summed E-state index contributed by atoms with van der Waals surface area (Å²) >= 11 is 0. The third kappa shape index (κ3) is 3.36. The molecule has 0 amide bonds. The molecule has 0 bridgehead atoms. The molecule has 0 aromatic rings. The van der Waals surface area contributed by atoms with Gasteiger partial charge in [-0.25, -0.2) is 5.53 Å². The highest BCUT2D eigenvalue weighted by Gasteiger charge is 2.02. The maximum atomic E-state index is 6.60. The Bertz CT molecular complexity index is 112. The quantitative estimate of drug-likeness (QED) is 0.358. The maximum absolute atomic E-state index is 6.60. The molecule has 0 spiro atoms. The van der Waals surface area contributed by atoms with Crippen LogP contribution in [0.4, 0.5) is 0 Å². The van der Waals surface area contributed by atoms with Crippen LogP contribution in [0.15, 0.2) is 17.0 Å². The number of nitrogens with one attached hydrogen (secondary N) is 1. The lowest BCUT2D eigenvalue weighted by Crippen LogP contribution is -1.94. The summed E-state index contributed by atoms with van der Waals surface area (Å²) in [5.41, 5.74) is 8.21. The van der Waals surface area contributed by atoms with E-state index in [9.17, 15) is 0 Å². The van der Waals surface area contributed by atoms with Crippen LogP contribution in [-0.2, 0) is 0 Å². The zero-order chi connectivity index (χ0) is 7.28. The Hall–Kier alpha value is -0.230. The predicted octanol–water partition coefficient (Wildman–Crippen LogP) is 2.97. The van der Waals surface area contributed by atoms with Gasteiger partial charge in [0.15, 0.2) is 0 Å². The summed E-state index contributed by atoms with van der Waals surface area (Å²) in [6.07, 6.45) is 1.00. The lowest BCUT2D eigenvalue weighted by Gasteiger charge is -2.07. The predicted molar refractivity (Wildman–Crippen MR) is 42.4 cm³/mol.